The van der Waals surface area contributed by atoms with Gasteiger partial charge in [0.1, 0.15) is 0 Å². The zero-order chi connectivity index (χ0) is 13.4. The Morgan fingerprint density at radius 2 is 1.79 bits per heavy atom. The van der Waals surface area contributed by atoms with Crippen LogP contribution in [0.15, 0.2) is 18.2 Å². The Morgan fingerprint density at radius 1 is 1.11 bits per heavy atom. The summed E-state index contributed by atoms with van der Waals surface area (Å²) in [4.78, 5) is 5.00. The van der Waals surface area contributed by atoms with Crippen LogP contribution in [0, 0.1) is 0 Å². The van der Waals surface area contributed by atoms with E-state index in [0.717, 1.165) is 37.8 Å². The standard InChI is InChI=1S/C16H25N3/c1-12(2)18-8-10-19(11-9-18)15-5-3-4-14(16(15)17)13-6-7-13/h3-5,12-13H,6-11,17H2,1-2H3. The normalized spacial score (nSPS) is 21.1. The van der Waals surface area contributed by atoms with Crippen molar-refractivity contribution in [3.05, 3.63) is 23.8 Å². The number of nitrogens with two attached hydrogens (primary N) is 1. The summed E-state index contributed by atoms with van der Waals surface area (Å²) in [7, 11) is 0. The van der Waals surface area contributed by atoms with Gasteiger partial charge in [-0.2, -0.15) is 0 Å². The Hall–Kier alpha value is -1.22. The van der Waals surface area contributed by atoms with Gasteiger partial charge in [-0.3, -0.25) is 4.90 Å². The second-order valence-electron chi connectivity index (χ2n) is 6.17. The molecule has 104 valence electrons. The minimum atomic E-state index is 0.650. The fourth-order valence-corrected chi connectivity index (χ4v) is 3.08. The van der Waals surface area contributed by atoms with Crippen molar-refractivity contribution in [1.29, 1.82) is 0 Å². The van der Waals surface area contributed by atoms with E-state index in [1.165, 1.54) is 24.1 Å². The van der Waals surface area contributed by atoms with Crippen LogP contribution in [0.25, 0.3) is 0 Å². The van der Waals surface area contributed by atoms with Gasteiger partial charge in [-0.1, -0.05) is 12.1 Å². The van der Waals surface area contributed by atoms with Crippen LogP contribution in [0.1, 0.15) is 38.2 Å². The van der Waals surface area contributed by atoms with E-state index in [1.54, 1.807) is 0 Å². The molecule has 2 fully saturated rings. The maximum atomic E-state index is 6.39. The highest BCUT2D eigenvalue weighted by Crippen LogP contribution is 2.45. The topological polar surface area (TPSA) is 32.5 Å². The van der Waals surface area contributed by atoms with Crippen LogP contribution in [0.5, 0.6) is 0 Å². The number of anilines is 2. The van der Waals surface area contributed by atoms with E-state index < -0.39 is 0 Å². The highest BCUT2D eigenvalue weighted by Gasteiger charge is 2.28. The van der Waals surface area contributed by atoms with Gasteiger partial charge in [0, 0.05) is 32.2 Å². The SMILES string of the molecule is CC(C)N1CCN(c2cccc(C3CC3)c2N)CC1. The summed E-state index contributed by atoms with van der Waals surface area (Å²) in [6, 6.07) is 7.22. The summed E-state index contributed by atoms with van der Waals surface area (Å²) in [5.41, 5.74) is 10.1. The van der Waals surface area contributed by atoms with Gasteiger partial charge in [0.15, 0.2) is 0 Å². The molecule has 1 saturated carbocycles. The minimum Gasteiger partial charge on any atom is -0.397 e. The van der Waals surface area contributed by atoms with Crippen LogP contribution in [-0.2, 0) is 0 Å². The molecule has 3 heteroatoms. The first-order chi connectivity index (χ1) is 9.16. The fourth-order valence-electron chi connectivity index (χ4n) is 3.08. The first kappa shape index (κ1) is 12.8. The lowest BCUT2D eigenvalue weighted by atomic mass is 10.1. The molecule has 19 heavy (non-hydrogen) atoms. The van der Waals surface area contributed by atoms with Crippen molar-refractivity contribution < 1.29 is 0 Å². The van der Waals surface area contributed by atoms with E-state index in [9.17, 15) is 0 Å². The van der Waals surface area contributed by atoms with Gasteiger partial charge in [-0.15, -0.1) is 0 Å². The summed E-state index contributed by atoms with van der Waals surface area (Å²) in [5, 5.41) is 0. The van der Waals surface area contributed by atoms with Crippen molar-refractivity contribution in [3.8, 4) is 0 Å². The van der Waals surface area contributed by atoms with E-state index in [1.807, 2.05) is 0 Å². The number of piperazine rings is 1. The fraction of sp³-hybridized carbons (Fsp3) is 0.625. The lowest BCUT2D eigenvalue weighted by Crippen LogP contribution is -2.49. The van der Waals surface area contributed by atoms with E-state index in [4.69, 9.17) is 5.73 Å². The van der Waals surface area contributed by atoms with Crippen LogP contribution in [0.2, 0.25) is 0 Å². The number of hydrogen-bond acceptors (Lipinski definition) is 3. The lowest BCUT2D eigenvalue weighted by molar-refractivity contribution is 0.209. The summed E-state index contributed by atoms with van der Waals surface area (Å²) >= 11 is 0. The molecule has 0 amide bonds. The molecule has 0 spiro atoms. The Morgan fingerprint density at radius 3 is 2.37 bits per heavy atom. The zero-order valence-corrected chi connectivity index (χ0v) is 12.1. The summed E-state index contributed by atoms with van der Waals surface area (Å²) < 4.78 is 0. The van der Waals surface area contributed by atoms with Crippen LogP contribution in [-0.4, -0.2) is 37.1 Å². The van der Waals surface area contributed by atoms with Crippen molar-refractivity contribution in [2.45, 2.75) is 38.6 Å². The van der Waals surface area contributed by atoms with Crippen molar-refractivity contribution in [2.75, 3.05) is 36.8 Å². The molecule has 0 atom stereocenters. The molecule has 1 aliphatic carbocycles. The minimum absolute atomic E-state index is 0.650. The van der Waals surface area contributed by atoms with E-state index in [-0.39, 0.29) is 0 Å². The summed E-state index contributed by atoms with van der Waals surface area (Å²) in [6.45, 7) is 9.03. The molecule has 0 unspecified atom stereocenters. The van der Waals surface area contributed by atoms with Crippen molar-refractivity contribution in [2.24, 2.45) is 0 Å². The molecule has 3 nitrogen and oxygen atoms in total. The molecular formula is C16H25N3. The Bertz CT molecular complexity index is 443. The summed E-state index contributed by atoms with van der Waals surface area (Å²) in [6.07, 6.45) is 2.63. The number of para-hydroxylation sites is 1. The number of nitrogens with zero attached hydrogens (tertiary/aromatic N) is 2. The van der Waals surface area contributed by atoms with E-state index >= 15 is 0 Å². The van der Waals surface area contributed by atoms with Crippen molar-refractivity contribution >= 4 is 11.4 Å². The Balaban J connectivity index is 1.74. The highest BCUT2D eigenvalue weighted by molar-refractivity contribution is 5.72. The molecule has 2 aliphatic rings. The third kappa shape index (κ3) is 2.57. The number of hydrogen-bond donors (Lipinski definition) is 1. The van der Waals surface area contributed by atoms with E-state index in [0.29, 0.717) is 6.04 Å². The summed E-state index contributed by atoms with van der Waals surface area (Å²) in [5.74, 6) is 0.733. The number of rotatable bonds is 3. The molecule has 1 aliphatic heterocycles. The predicted octanol–water partition coefficient (Wildman–Crippen LogP) is 2.68. The molecule has 0 radical (unpaired) electrons. The molecule has 3 rings (SSSR count). The van der Waals surface area contributed by atoms with Gasteiger partial charge in [0.25, 0.3) is 0 Å². The molecule has 1 saturated heterocycles. The molecule has 1 aromatic rings. The van der Waals surface area contributed by atoms with E-state index in [2.05, 4.69) is 41.8 Å². The molecule has 1 heterocycles. The van der Waals surface area contributed by atoms with Gasteiger partial charge < -0.3 is 10.6 Å². The third-order valence-electron chi connectivity index (χ3n) is 4.52. The smallest absolute Gasteiger partial charge is 0.0603 e. The van der Waals surface area contributed by atoms with Gasteiger partial charge in [-0.05, 0) is 44.2 Å². The molecular weight excluding hydrogens is 234 g/mol. The first-order valence-electron chi connectivity index (χ1n) is 7.54. The molecule has 2 N–H and O–H groups in total. The van der Waals surface area contributed by atoms with Crippen molar-refractivity contribution in [1.82, 2.24) is 4.90 Å². The highest BCUT2D eigenvalue weighted by atomic mass is 15.3. The second-order valence-corrected chi connectivity index (χ2v) is 6.17. The molecule has 0 bridgehead atoms. The van der Waals surface area contributed by atoms with Crippen LogP contribution < -0.4 is 10.6 Å². The molecule has 1 aromatic carbocycles. The zero-order valence-electron chi connectivity index (χ0n) is 12.1. The van der Waals surface area contributed by atoms with Gasteiger partial charge in [-0.25, -0.2) is 0 Å². The first-order valence-corrected chi connectivity index (χ1v) is 7.54. The largest absolute Gasteiger partial charge is 0.397 e. The maximum Gasteiger partial charge on any atom is 0.0603 e. The van der Waals surface area contributed by atoms with Gasteiger partial charge in [0.05, 0.1) is 11.4 Å². The monoisotopic (exact) mass is 259 g/mol. The Kier molecular flexibility index (Phi) is 3.40. The Labute approximate surface area is 116 Å². The lowest BCUT2D eigenvalue weighted by Gasteiger charge is -2.38. The predicted molar refractivity (Wildman–Crippen MR) is 81.8 cm³/mol. The number of benzene rings is 1. The molecule has 0 aromatic heterocycles. The van der Waals surface area contributed by atoms with Crippen molar-refractivity contribution in [3.63, 3.8) is 0 Å². The third-order valence-corrected chi connectivity index (χ3v) is 4.52. The van der Waals surface area contributed by atoms with Crippen LogP contribution >= 0.6 is 0 Å². The second kappa shape index (κ2) is 5.04. The van der Waals surface area contributed by atoms with Gasteiger partial charge >= 0.3 is 0 Å². The number of nitrogen functional groups attached to an aromatic ring is 1. The van der Waals surface area contributed by atoms with Gasteiger partial charge in [0.2, 0.25) is 0 Å². The van der Waals surface area contributed by atoms with Crippen LogP contribution in [0.4, 0.5) is 11.4 Å². The average Bonchev–Trinajstić information content (AvgIpc) is 3.23. The van der Waals surface area contributed by atoms with Crippen LogP contribution in [0.3, 0.4) is 0 Å². The maximum absolute atomic E-state index is 6.39. The quantitative estimate of drug-likeness (QED) is 0.847. The average molecular weight is 259 g/mol.